The van der Waals surface area contributed by atoms with Crippen LogP contribution in [0.15, 0.2) is 30.3 Å². The Morgan fingerprint density at radius 3 is 2.56 bits per heavy atom. The normalized spacial score (nSPS) is 10.7. The van der Waals surface area contributed by atoms with Crippen LogP contribution in [0, 0.1) is 13.8 Å². The summed E-state index contributed by atoms with van der Waals surface area (Å²) >= 11 is 1.85. The molecule has 1 heterocycles. The fraction of sp³-hybridized carbons (Fsp3) is 0.286. The first kappa shape index (κ1) is 11.4. The topological polar surface area (TPSA) is 26.0 Å². The van der Waals surface area contributed by atoms with Gasteiger partial charge in [-0.2, -0.15) is 0 Å². The van der Waals surface area contributed by atoms with E-state index in [1.165, 1.54) is 26.4 Å². The van der Waals surface area contributed by atoms with Crippen LogP contribution in [0.1, 0.15) is 16.0 Å². The summed E-state index contributed by atoms with van der Waals surface area (Å²) in [5.74, 6) is 0. The van der Waals surface area contributed by atoms with Gasteiger partial charge in [-0.1, -0.05) is 18.2 Å². The van der Waals surface area contributed by atoms with Crippen molar-refractivity contribution in [3.05, 3.63) is 46.3 Å². The Labute approximate surface area is 101 Å². The van der Waals surface area contributed by atoms with E-state index in [9.17, 15) is 0 Å². The van der Waals surface area contributed by atoms with Gasteiger partial charge in [-0.15, -0.1) is 11.3 Å². The van der Waals surface area contributed by atoms with Crippen molar-refractivity contribution in [3.63, 3.8) is 0 Å². The zero-order chi connectivity index (χ0) is 11.5. The molecule has 16 heavy (non-hydrogen) atoms. The summed E-state index contributed by atoms with van der Waals surface area (Å²) < 4.78 is 0. The Morgan fingerprint density at radius 2 is 1.88 bits per heavy atom. The third-order valence-electron chi connectivity index (χ3n) is 2.84. The van der Waals surface area contributed by atoms with Gasteiger partial charge in [0.15, 0.2) is 0 Å². The minimum absolute atomic E-state index is 0.729. The molecule has 0 aliphatic rings. The molecule has 1 aromatic carbocycles. The van der Waals surface area contributed by atoms with E-state index in [-0.39, 0.29) is 0 Å². The van der Waals surface area contributed by atoms with Crippen molar-refractivity contribution >= 4 is 11.3 Å². The highest BCUT2D eigenvalue weighted by Gasteiger charge is 2.03. The van der Waals surface area contributed by atoms with Crippen LogP contribution in [0.2, 0.25) is 0 Å². The third-order valence-corrected chi connectivity index (χ3v) is 4.04. The highest BCUT2D eigenvalue weighted by Crippen LogP contribution is 2.29. The van der Waals surface area contributed by atoms with E-state index in [1.807, 2.05) is 11.3 Å². The fourth-order valence-electron chi connectivity index (χ4n) is 1.70. The van der Waals surface area contributed by atoms with Crippen LogP contribution in [0.4, 0.5) is 0 Å². The van der Waals surface area contributed by atoms with Crippen LogP contribution in [0.3, 0.4) is 0 Å². The average molecular weight is 231 g/mol. The first-order valence-electron chi connectivity index (χ1n) is 5.57. The summed E-state index contributed by atoms with van der Waals surface area (Å²) in [7, 11) is 0. The van der Waals surface area contributed by atoms with Gasteiger partial charge in [0.05, 0.1) is 0 Å². The molecule has 0 bridgehead atoms. The molecule has 0 fully saturated rings. The second-order valence-electron chi connectivity index (χ2n) is 4.10. The van der Waals surface area contributed by atoms with Gasteiger partial charge in [0.1, 0.15) is 0 Å². The van der Waals surface area contributed by atoms with Crippen molar-refractivity contribution in [2.45, 2.75) is 20.3 Å². The molecule has 2 N–H and O–H groups in total. The summed E-state index contributed by atoms with van der Waals surface area (Å²) in [6, 6.07) is 11.0. The molecule has 1 nitrogen and oxygen atoms in total. The predicted molar refractivity (Wildman–Crippen MR) is 72.0 cm³/mol. The van der Waals surface area contributed by atoms with E-state index in [0.29, 0.717) is 0 Å². The van der Waals surface area contributed by atoms with E-state index >= 15 is 0 Å². The number of aryl methyl sites for hydroxylation is 2. The molecule has 0 amide bonds. The number of thiophene rings is 1. The van der Waals surface area contributed by atoms with E-state index < -0.39 is 0 Å². The molecule has 84 valence electrons. The molecular formula is C14H17NS. The maximum Gasteiger partial charge on any atom is 0.0345 e. The molecule has 0 unspecified atom stereocenters. The Kier molecular flexibility index (Phi) is 3.42. The fourth-order valence-corrected chi connectivity index (χ4v) is 2.72. The minimum Gasteiger partial charge on any atom is -0.330 e. The molecule has 2 heteroatoms. The number of rotatable bonds is 3. The minimum atomic E-state index is 0.729. The highest BCUT2D eigenvalue weighted by molar-refractivity contribution is 7.15. The molecule has 0 atom stereocenters. The number of benzene rings is 1. The lowest BCUT2D eigenvalue weighted by molar-refractivity contribution is 0.989. The van der Waals surface area contributed by atoms with Gasteiger partial charge in [0, 0.05) is 9.75 Å². The number of hydrogen-bond acceptors (Lipinski definition) is 2. The van der Waals surface area contributed by atoms with Gasteiger partial charge in [0.2, 0.25) is 0 Å². The second-order valence-corrected chi connectivity index (χ2v) is 5.27. The van der Waals surface area contributed by atoms with Crippen molar-refractivity contribution in [1.29, 1.82) is 0 Å². The lowest BCUT2D eigenvalue weighted by atomic mass is 10.1. The third kappa shape index (κ3) is 2.34. The molecule has 0 aliphatic carbocycles. The molecular weight excluding hydrogens is 214 g/mol. The standard InChI is InChI=1S/C14H17NS/c1-10-3-4-12(9-11(10)2)14-6-5-13(16-14)7-8-15/h3-6,9H,7-8,15H2,1-2H3. The Bertz CT molecular complexity index is 485. The summed E-state index contributed by atoms with van der Waals surface area (Å²) in [4.78, 5) is 2.71. The number of hydrogen-bond donors (Lipinski definition) is 1. The van der Waals surface area contributed by atoms with Crippen LogP contribution in [-0.2, 0) is 6.42 Å². The molecule has 0 radical (unpaired) electrons. The van der Waals surface area contributed by atoms with Crippen molar-refractivity contribution in [2.24, 2.45) is 5.73 Å². The quantitative estimate of drug-likeness (QED) is 0.859. The van der Waals surface area contributed by atoms with Gasteiger partial charge in [-0.25, -0.2) is 0 Å². The van der Waals surface area contributed by atoms with Crippen LogP contribution in [0.25, 0.3) is 10.4 Å². The first-order valence-corrected chi connectivity index (χ1v) is 6.39. The van der Waals surface area contributed by atoms with Gasteiger partial charge < -0.3 is 5.73 Å². The maximum absolute atomic E-state index is 5.56. The zero-order valence-corrected chi connectivity index (χ0v) is 10.6. The van der Waals surface area contributed by atoms with Gasteiger partial charge in [-0.3, -0.25) is 0 Å². The van der Waals surface area contributed by atoms with Crippen molar-refractivity contribution in [3.8, 4) is 10.4 Å². The first-order chi connectivity index (χ1) is 7.70. The highest BCUT2D eigenvalue weighted by atomic mass is 32.1. The summed E-state index contributed by atoms with van der Waals surface area (Å²) in [6.45, 7) is 5.04. The largest absolute Gasteiger partial charge is 0.330 e. The molecule has 0 saturated carbocycles. The van der Waals surface area contributed by atoms with Crippen molar-refractivity contribution in [2.75, 3.05) is 6.54 Å². The van der Waals surface area contributed by atoms with E-state index in [1.54, 1.807) is 0 Å². The van der Waals surface area contributed by atoms with Crippen LogP contribution >= 0.6 is 11.3 Å². The maximum atomic E-state index is 5.56. The van der Waals surface area contributed by atoms with Crippen LogP contribution in [0.5, 0.6) is 0 Å². The Morgan fingerprint density at radius 1 is 1.06 bits per heavy atom. The lowest BCUT2D eigenvalue weighted by Gasteiger charge is -2.02. The SMILES string of the molecule is Cc1ccc(-c2ccc(CCN)s2)cc1C. The van der Waals surface area contributed by atoms with Gasteiger partial charge in [0.25, 0.3) is 0 Å². The monoisotopic (exact) mass is 231 g/mol. The lowest BCUT2D eigenvalue weighted by Crippen LogP contribution is -2.00. The molecule has 1 aromatic heterocycles. The molecule has 0 aliphatic heterocycles. The molecule has 2 rings (SSSR count). The smallest absolute Gasteiger partial charge is 0.0345 e. The van der Waals surface area contributed by atoms with E-state index in [0.717, 1.165) is 13.0 Å². The van der Waals surface area contributed by atoms with E-state index in [4.69, 9.17) is 5.73 Å². The summed E-state index contributed by atoms with van der Waals surface area (Å²) in [6.07, 6.45) is 0.982. The Balaban J connectivity index is 2.31. The molecule has 0 saturated heterocycles. The van der Waals surface area contributed by atoms with E-state index in [2.05, 4.69) is 44.2 Å². The predicted octanol–water partition coefficient (Wildman–Crippen LogP) is 3.53. The van der Waals surface area contributed by atoms with Gasteiger partial charge >= 0.3 is 0 Å². The summed E-state index contributed by atoms with van der Waals surface area (Å²) in [5.41, 5.74) is 9.58. The van der Waals surface area contributed by atoms with Crippen molar-refractivity contribution < 1.29 is 0 Å². The van der Waals surface area contributed by atoms with Gasteiger partial charge in [-0.05, 0) is 55.6 Å². The number of nitrogens with two attached hydrogens (primary N) is 1. The van der Waals surface area contributed by atoms with Crippen molar-refractivity contribution in [1.82, 2.24) is 0 Å². The zero-order valence-electron chi connectivity index (χ0n) is 9.79. The molecule has 0 spiro atoms. The average Bonchev–Trinajstić information content (AvgIpc) is 2.71. The summed E-state index contributed by atoms with van der Waals surface area (Å²) in [5, 5.41) is 0. The Hall–Kier alpha value is -1.12. The molecule has 2 aromatic rings. The van der Waals surface area contributed by atoms with Crippen LogP contribution < -0.4 is 5.73 Å². The second kappa shape index (κ2) is 4.81. The van der Waals surface area contributed by atoms with Crippen LogP contribution in [-0.4, -0.2) is 6.54 Å².